The second-order valence-electron chi connectivity index (χ2n) is 2.76. The lowest BCUT2D eigenvalue weighted by atomic mass is 10.1. The second kappa shape index (κ2) is 8.51. The van der Waals surface area contributed by atoms with Crippen LogP contribution in [0, 0.1) is 17.2 Å². The molecule has 0 amide bonds. The molecule has 0 aromatic carbocycles. The number of aliphatic hydroxyl groups excluding tert-OH is 1. The largest absolute Gasteiger partial charge is 0.395 e. The van der Waals surface area contributed by atoms with Crippen LogP contribution in [0.15, 0.2) is 0 Å². The number of hydrogen-bond donors (Lipinski definition) is 1. The minimum absolute atomic E-state index is 0.0619. The smallest absolute Gasteiger partial charge is 0.0716 e. The van der Waals surface area contributed by atoms with Gasteiger partial charge in [0.2, 0.25) is 0 Å². The molecule has 0 saturated carbocycles. The molecule has 0 saturated heterocycles. The first kappa shape index (κ1) is 11.4. The van der Waals surface area contributed by atoms with Crippen LogP contribution in [0.5, 0.6) is 0 Å². The molecule has 0 radical (unpaired) electrons. The predicted molar refractivity (Wildman–Crippen MR) is 46.5 cm³/mol. The summed E-state index contributed by atoms with van der Waals surface area (Å²) in [4.78, 5) is 0. The van der Waals surface area contributed by atoms with Crippen molar-refractivity contribution in [1.82, 2.24) is 0 Å². The fourth-order valence-corrected chi connectivity index (χ4v) is 0.771. The minimum atomic E-state index is -0.258. The summed E-state index contributed by atoms with van der Waals surface area (Å²) in [7, 11) is 0. The highest BCUT2D eigenvalue weighted by Gasteiger charge is 2.03. The lowest BCUT2D eigenvalue weighted by molar-refractivity contribution is 0.113. The molecule has 3 heteroatoms. The number of ether oxygens (including phenoxy) is 1. The van der Waals surface area contributed by atoms with Crippen molar-refractivity contribution in [2.24, 2.45) is 5.92 Å². The Labute approximate surface area is 74.0 Å². The Kier molecular flexibility index (Phi) is 8.09. The number of unbranched alkanes of at least 4 members (excludes halogenated alkanes) is 1. The predicted octanol–water partition coefficient (Wildman–Crippen LogP) is 1.33. The normalized spacial score (nSPS) is 12.4. The average molecular weight is 171 g/mol. The number of rotatable bonds is 7. The summed E-state index contributed by atoms with van der Waals surface area (Å²) in [5, 5.41) is 17.1. The van der Waals surface area contributed by atoms with Gasteiger partial charge in [-0.1, -0.05) is 13.3 Å². The summed E-state index contributed by atoms with van der Waals surface area (Å²) < 4.78 is 5.25. The van der Waals surface area contributed by atoms with E-state index in [1.807, 2.05) is 6.07 Å². The lowest BCUT2D eigenvalue weighted by Crippen LogP contribution is -2.07. The van der Waals surface area contributed by atoms with Crippen molar-refractivity contribution < 1.29 is 9.84 Å². The summed E-state index contributed by atoms with van der Waals surface area (Å²) in [6.07, 6.45) is 2.83. The van der Waals surface area contributed by atoms with Crippen molar-refractivity contribution in [3.05, 3.63) is 0 Å². The maximum atomic E-state index is 8.65. The lowest BCUT2D eigenvalue weighted by Gasteiger charge is -2.05. The van der Waals surface area contributed by atoms with Crippen molar-refractivity contribution >= 4 is 0 Å². The molecule has 12 heavy (non-hydrogen) atoms. The first-order valence-corrected chi connectivity index (χ1v) is 4.43. The van der Waals surface area contributed by atoms with Gasteiger partial charge in [0.05, 0.1) is 18.6 Å². The van der Waals surface area contributed by atoms with Gasteiger partial charge in [-0.15, -0.1) is 0 Å². The van der Waals surface area contributed by atoms with E-state index >= 15 is 0 Å². The van der Waals surface area contributed by atoms with E-state index in [9.17, 15) is 0 Å². The third kappa shape index (κ3) is 6.14. The molecule has 1 unspecified atom stereocenters. The standard InChI is InChI=1S/C9H17NO2/c1-2-3-5-12-6-4-9(7-10)8-11/h9,11H,2-6,8H2,1H3. The van der Waals surface area contributed by atoms with E-state index in [1.54, 1.807) is 0 Å². The summed E-state index contributed by atoms with van der Waals surface area (Å²) in [6, 6.07) is 2.01. The monoisotopic (exact) mass is 171 g/mol. The average Bonchev–Trinajstić information content (AvgIpc) is 2.11. The van der Waals surface area contributed by atoms with Crippen LogP contribution in [0.2, 0.25) is 0 Å². The Morgan fingerprint density at radius 2 is 2.25 bits per heavy atom. The molecule has 1 N–H and O–H groups in total. The third-order valence-electron chi connectivity index (χ3n) is 1.66. The molecular formula is C9H17NO2. The molecular weight excluding hydrogens is 154 g/mol. The van der Waals surface area contributed by atoms with Gasteiger partial charge in [0.15, 0.2) is 0 Å². The fraction of sp³-hybridized carbons (Fsp3) is 0.889. The van der Waals surface area contributed by atoms with Crippen molar-refractivity contribution in [3.63, 3.8) is 0 Å². The molecule has 0 aromatic heterocycles. The molecule has 0 heterocycles. The highest BCUT2D eigenvalue weighted by molar-refractivity contribution is 4.81. The zero-order chi connectivity index (χ0) is 9.23. The quantitative estimate of drug-likeness (QED) is 0.588. The Bertz CT molecular complexity index is 131. The van der Waals surface area contributed by atoms with Crippen LogP contribution in [0.3, 0.4) is 0 Å². The molecule has 0 bridgehead atoms. The van der Waals surface area contributed by atoms with Gasteiger partial charge in [-0.2, -0.15) is 5.26 Å². The molecule has 0 rings (SSSR count). The molecule has 0 aliphatic carbocycles. The molecule has 0 spiro atoms. The first-order valence-electron chi connectivity index (χ1n) is 4.43. The van der Waals surface area contributed by atoms with E-state index in [2.05, 4.69) is 6.92 Å². The molecule has 0 aromatic rings. The number of nitriles is 1. The molecule has 0 aliphatic heterocycles. The summed E-state index contributed by atoms with van der Waals surface area (Å²) in [5.74, 6) is -0.258. The second-order valence-corrected chi connectivity index (χ2v) is 2.76. The maximum Gasteiger partial charge on any atom is 0.0716 e. The minimum Gasteiger partial charge on any atom is -0.395 e. The Balaban J connectivity index is 3.13. The Morgan fingerprint density at radius 3 is 2.75 bits per heavy atom. The zero-order valence-electron chi connectivity index (χ0n) is 7.62. The zero-order valence-corrected chi connectivity index (χ0v) is 7.62. The summed E-state index contributed by atoms with van der Waals surface area (Å²) >= 11 is 0. The summed E-state index contributed by atoms with van der Waals surface area (Å²) in [6.45, 7) is 3.39. The van der Waals surface area contributed by atoms with Crippen LogP contribution in [0.1, 0.15) is 26.2 Å². The van der Waals surface area contributed by atoms with E-state index in [0.717, 1.165) is 19.4 Å². The van der Waals surface area contributed by atoms with Gasteiger partial charge >= 0.3 is 0 Å². The molecule has 1 atom stereocenters. The topological polar surface area (TPSA) is 53.2 Å². The van der Waals surface area contributed by atoms with E-state index in [4.69, 9.17) is 15.1 Å². The number of aliphatic hydroxyl groups is 1. The third-order valence-corrected chi connectivity index (χ3v) is 1.66. The van der Waals surface area contributed by atoms with Crippen LogP contribution >= 0.6 is 0 Å². The van der Waals surface area contributed by atoms with Gasteiger partial charge in [0.25, 0.3) is 0 Å². The van der Waals surface area contributed by atoms with Gasteiger partial charge in [-0.05, 0) is 12.8 Å². The van der Waals surface area contributed by atoms with Gasteiger partial charge in [-0.3, -0.25) is 0 Å². The van der Waals surface area contributed by atoms with Crippen LogP contribution in [0.4, 0.5) is 0 Å². The highest BCUT2D eigenvalue weighted by atomic mass is 16.5. The Morgan fingerprint density at radius 1 is 1.50 bits per heavy atom. The van der Waals surface area contributed by atoms with Crippen molar-refractivity contribution in [3.8, 4) is 6.07 Å². The molecule has 0 aliphatic rings. The van der Waals surface area contributed by atoms with Crippen LogP contribution < -0.4 is 0 Å². The molecule has 70 valence electrons. The van der Waals surface area contributed by atoms with Crippen molar-refractivity contribution in [1.29, 1.82) is 5.26 Å². The van der Waals surface area contributed by atoms with Crippen LogP contribution in [-0.4, -0.2) is 24.9 Å². The number of nitrogens with zero attached hydrogens (tertiary/aromatic N) is 1. The Hall–Kier alpha value is -0.590. The van der Waals surface area contributed by atoms with Gasteiger partial charge in [-0.25, -0.2) is 0 Å². The molecule has 3 nitrogen and oxygen atoms in total. The van der Waals surface area contributed by atoms with Gasteiger partial charge in [0.1, 0.15) is 0 Å². The van der Waals surface area contributed by atoms with Crippen molar-refractivity contribution in [2.45, 2.75) is 26.2 Å². The van der Waals surface area contributed by atoms with Gasteiger partial charge in [0, 0.05) is 13.2 Å². The SMILES string of the molecule is CCCCOCCC(C#N)CO. The maximum absolute atomic E-state index is 8.65. The van der Waals surface area contributed by atoms with E-state index in [-0.39, 0.29) is 12.5 Å². The highest BCUT2D eigenvalue weighted by Crippen LogP contribution is 2.00. The molecule has 0 fully saturated rings. The van der Waals surface area contributed by atoms with Crippen LogP contribution in [-0.2, 0) is 4.74 Å². The van der Waals surface area contributed by atoms with E-state index < -0.39 is 0 Å². The number of hydrogen-bond acceptors (Lipinski definition) is 3. The first-order chi connectivity index (χ1) is 5.85. The summed E-state index contributed by atoms with van der Waals surface area (Å²) in [5.41, 5.74) is 0. The van der Waals surface area contributed by atoms with E-state index in [0.29, 0.717) is 13.0 Å². The van der Waals surface area contributed by atoms with E-state index in [1.165, 1.54) is 0 Å². The van der Waals surface area contributed by atoms with Crippen molar-refractivity contribution in [2.75, 3.05) is 19.8 Å². The fourth-order valence-electron chi connectivity index (χ4n) is 0.771. The van der Waals surface area contributed by atoms with Crippen LogP contribution in [0.25, 0.3) is 0 Å². The van der Waals surface area contributed by atoms with Gasteiger partial charge < -0.3 is 9.84 Å².